The van der Waals surface area contributed by atoms with Crippen LogP contribution in [-0.2, 0) is 16.1 Å². The van der Waals surface area contributed by atoms with E-state index in [0.29, 0.717) is 11.5 Å². The van der Waals surface area contributed by atoms with Crippen LogP contribution in [0.1, 0.15) is 24.5 Å². The summed E-state index contributed by atoms with van der Waals surface area (Å²) in [5.41, 5.74) is 1.08. The van der Waals surface area contributed by atoms with E-state index in [0.717, 1.165) is 11.6 Å². The zero-order chi connectivity index (χ0) is 23.5. The number of aliphatic hydroxyl groups is 1. The quantitative estimate of drug-likeness (QED) is 0.497. The predicted molar refractivity (Wildman–Crippen MR) is 117 cm³/mol. The standard InChI is InChI=1S/C24H29F2NO5/c1-4-6-17-9-10-21(22(13-17)30-2)32-16-19(28)15-27(12-11-23(29)31-3)14-18-7-5-8-20(25)24(18)26/h4-10,13,19,28H,11-12,14-16H2,1-3H3. The first-order valence-corrected chi connectivity index (χ1v) is 10.2. The molecule has 2 rings (SSSR count). The summed E-state index contributed by atoms with van der Waals surface area (Å²) in [6.45, 7) is 2.14. The molecule has 0 fully saturated rings. The highest BCUT2D eigenvalue weighted by molar-refractivity contribution is 5.69. The van der Waals surface area contributed by atoms with E-state index in [1.54, 1.807) is 11.0 Å². The lowest BCUT2D eigenvalue weighted by molar-refractivity contribution is -0.141. The van der Waals surface area contributed by atoms with Gasteiger partial charge in [0, 0.05) is 25.2 Å². The average Bonchev–Trinajstić information content (AvgIpc) is 2.79. The van der Waals surface area contributed by atoms with Crippen molar-refractivity contribution in [1.82, 2.24) is 4.90 Å². The van der Waals surface area contributed by atoms with Gasteiger partial charge in [-0.25, -0.2) is 8.78 Å². The van der Waals surface area contributed by atoms with Crippen LogP contribution in [0.4, 0.5) is 8.78 Å². The van der Waals surface area contributed by atoms with E-state index < -0.39 is 23.7 Å². The molecule has 2 aromatic rings. The third kappa shape index (κ3) is 7.62. The Labute approximate surface area is 187 Å². The molecule has 0 aromatic heterocycles. The van der Waals surface area contributed by atoms with Crippen LogP contribution in [0.2, 0.25) is 0 Å². The summed E-state index contributed by atoms with van der Waals surface area (Å²) in [7, 11) is 2.80. The van der Waals surface area contributed by atoms with Crippen molar-refractivity contribution in [3.63, 3.8) is 0 Å². The number of carbonyl (C=O) groups is 1. The van der Waals surface area contributed by atoms with Crippen molar-refractivity contribution >= 4 is 12.0 Å². The Morgan fingerprint density at radius 3 is 2.66 bits per heavy atom. The molecule has 6 nitrogen and oxygen atoms in total. The fraction of sp³-hybridized carbons (Fsp3) is 0.375. The molecule has 0 bridgehead atoms. The molecule has 0 saturated carbocycles. The lowest BCUT2D eigenvalue weighted by Crippen LogP contribution is -2.37. The molecule has 0 aliphatic carbocycles. The van der Waals surface area contributed by atoms with Crippen LogP contribution in [0.15, 0.2) is 42.5 Å². The molecule has 1 N–H and O–H groups in total. The molecule has 0 aliphatic rings. The normalized spacial score (nSPS) is 12.2. The Balaban J connectivity index is 2.04. The topological polar surface area (TPSA) is 68.2 Å². The molecule has 32 heavy (non-hydrogen) atoms. The number of halogens is 2. The summed E-state index contributed by atoms with van der Waals surface area (Å²) in [4.78, 5) is 13.2. The third-order valence-corrected chi connectivity index (χ3v) is 4.73. The molecule has 2 aromatic carbocycles. The summed E-state index contributed by atoms with van der Waals surface area (Å²) in [5, 5.41) is 10.5. The van der Waals surface area contributed by atoms with Gasteiger partial charge in [-0.1, -0.05) is 30.4 Å². The minimum Gasteiger partial charge on any atom is -0.493 e. The number of carbonyl (C=O) groups excluding carboxylic acids is 1. The Morgan fingerprint density at radius 1 is 1.19 bits per heavy atom. The highest BCUT2D eigenvalue weighted by Crippen LogP contribution is 2.28. The highest BCUT2D eigenvalue weighted by atomic mass is 19.2. The highest BCUT2D eigenvalue weighted by Gasteiger charge is 2.18. The minimum atomic E-state index is -0.954. The summed E-state index contributed by atoms with van der Waals surface area (Å²) in [6, 6.07) is 9.34. The number of methoxy groups -OCH3 is 2. The number of nitrogens with zero attached hydrogens (tertiary/aromatic N) is 1. The maximum absolute atomic E-state index is 14.1. The zero-order valence-corrected chi connectivity index (χ0v) is 18.5. The van der Waals surface area contributed by atoms with Gasteiger partial charge in [-0.15, -0.1) is 0 Å². The second kappa shape index (κ2) is 12.8. The monoisotopic (exact) mass is 449 g/mol. The Morgan fingerprint density at radius 2 is 1.97 bits per heavy atom. The van der Waals surface area contributed by atoms with Crippen LogP contribution in [0, 0.1) is 11.6 Å². The molecular weight excluding hydrogens is 420 g/mol. The second-order valence-corrected chi connectivity index (χ2v) is 7.15. The summed E-state index contributed by atoms with van der Waals surface area (Å²) >= 11 is 0. The zero-order valence-electron chi connectivity index (χ0n) is 18.5. The fourth-order valence-corrected chi connectivity index (χ4v) is 3.13. The number of esters is 1. The van der Waals surface area contributed by atoms with Crippen molar-refractivity contribution in [3.8, 4) is 11.5 Å². The Hall–Kier alpha value is -2.97. The van der Waals surface area contributed by atoms with Crippen molar-refractivity contribution in [2.75, 3.05) is 33.9 Å². The van der Waals surface area contributed by atoms with Gasteiger partial charge in [-0.05, 0) is 30.7 Å². The average molecular weight is 449 g/mol. The molecule has 0 radical (unpaired) electrons. The number of aliphatic hydroxyl groups excluding tert-OH is 1. The molecular formula is C24H29F2NO5. The molecule has 1 atom stereocenters. The van der Waals surface area contributed by atoms with E-state index in [1.165, 1.54) is 26.4 Å². The lowest BCUT2D eigenvalue weighted by atomic mass is 10.1. The Bertz CT molecular complexity index is 919. The van der Waals surface area contributed by atoms with Gasteiger partial charge >= 0.3 is 5.97 Å². The maximum atomic E-state index is 14.1. The van der Waals surface area contributed by atoms with Crippen LogP contribution in [0.5, 0.6) is 11.5 Å². The number of benzene rings is 2. The smallest absolute Gasteiger partial charge is 0.306 e. The summed E-state index contributed by atoms with van der Waals surface area (Å²) in [6.07, 6.45) is 2.92. The first-order valence-electron chi connectivity index (χ1n) is 10.2. The number of ether oxygens (including phenoxy) is 3. The van der Waals surface area contributed by atoms with Gasteiger partial charge in [-0.2, -0.15) is 0 Å². The van der Waals surface area contributed by atoms with E-state index >= 15 is 0 Å². The number of hydrogen-bond acceptors (Lipinski definition) is 6. The molecule has 0 aliphatic heterocycles. The van der Waals surface area contributed by atoms with Gasteiger partial charge in [-0.3, -0.25) is 9.69 Å². The van der Waals surface area contributed by atoms with Crippen molar-refractivity contribution in [1.29, 1.82) is 0 Å². The summed E-state index contributed by atoms with van der Waals surface area (Å²) < 4.78 is 43.4. The van der Waals surface area contributed by atoms with Crippen molar-refractivity contribution in [2.45, 2.75) is 26.0 Å². The van der Waals surface area contributed by atoms with Gasteiger partial charge in [0.15, 0.2) is 23.1 Å². The third-order valence-electron chi connectivity index (χ3n) is 4.73. The molecule has 0 amide bonds. The maximum Gasteiger partial charge on any atom is 0.306 e. The molecule has 1 unspecified atom stereocenters. The number of hydrogen-bond donors (Lipinski definition) is 1. The van der Waals surface area contributed by atoms with E-state index in [1.807, 2.05) is 31.2 Å². The first kappa shape index (κ1) is 25.3. The SMILES string of the molecule is CC=Cc1ccc(OCC(O)CN(CCC(=O)OC)Cc2cccc(F)c2F)c(OC)c1. The fourth-order valence-electron chi connectivity index (χ4n) is 3.13. The first-order chi connectivity index (χ1) is 15.4. The molecule has 0 saturated heterocycles. The molecule has 0 heterocycles. The largest absolute Gasteiger partial charge is 0.493 e. The number of allylic oxidation sites excluding steroid dienone is 1. The molecule has 8 heteroatoms. The van der Waals surface area contributed by atoms with Gasteiger partial charge in [0.05, 0.1) is 20.6 Å². The molecule has 0 spiro atoms. The van der Waals surface area contributed by atoms with Crippen LogP contribution in [0.25, 0.3) is 6.08 Å². The van der Waals surface area contributed by atoms with Crippen LogP contribution < -0.4 is 9.47 Å². The van der Waals surface area contributed by atoms with Crippen LogP contribution in [0.3, 0.4) is 0 Å². The van der Waals surface area contributed by atoms with Crippen molar-refractivity contribution in [2.24, 2.45) is 0 Å². The second-order valence-electron chi connectivity index (χ2n) is 7.15. The minimum absolute atomic E-state index is 0.0129. The predicted octanol–water partition coefficient (Wildman–Crippen LogP) is 3.81. The van der Waals surface area contributed by atoms with E-state index in [2.05, 4.69) is 4.74 Å². The molecule has 174 valence electrons. The van der Waals surface area contributed by atoms with Gasteiger partial charge in [0.2, 0.25) is 0 Å². The Kier molecular flexibility index (Phi) is 10.1. The summed E-state index contributed by atoms with van der Waals surface area (Å²) in [5.74, 6) is -1.35. The van der Waals surface area contributed by atoms with Gasteiger partial charge in [0.25, 0.3) is 0 Å². The van der Waals surface area contributed by atoms with Gasteiger partial charge in [0.1, 0.15) is 12.7 Å². The van der Waals surface area contributed by atoms with Gasteiger partial charge < -0.3 is 19.3 Å². The van der Waals surface area contributed by atoms with E-state index in [9.17, 15) is 18.7 Å². The van der Waals surface area contributed by atoms with Crippen LogP contribution in [-0.4, -0.2) is 56.0 Å². The van der Waals surface area contributed by atoms with E-state index in [4.69, 9.17) is 9.47 Å². The van der Waals surface area contributed by atoms with Crippen LogP contribution >= 0.6 is 0 Å². The lowest BCUT2D eigenvalue weighted by Gasteiger charge is -2.25. The van der Waals surface area contributed by atoms with Crippen molar-refractivity contribution < 1.29 is 32.9 Å². The number of rotatable bonds is 12. The van der Waals surface area contributed by atoms with Crippen molar-refractivity contribution in [3.05, 3.63) is 65.2 Å². The van der Waals surface area contributed by atoms with E-state index in [-0.39, 0.29) is 38.2 Å².